The van der Waals surface area contributed by atoms with Crippen LogP contribution in [-0.2, 0) is 9.47 Å². The van der Waals surface area contributed by atoms with Crippen LogP contribution < -0.4 is 10.6 Å². The number of guanidine groups is 1. The van der Waals surface area contributed by atoms with Crippen LogP contribution in [0.1, 0.15) is 52.4 Å². The lowest BCUT2D eigenvalue weighted by atomic mass is 9.77. The van der Waals surface area contributed by atoms with Gasteiger partial charge in [-0.15, -0.1) is 24.0 Å². The van der Waals surface area contributed by atoms with Crippen molar-refractivity contribution in [1.29, 1.82) is 0 Å². The molecule has 1 atom stereocenters. The average molecular weight is 467 g/mol. The third-order valence-corrected chi connectivity index (χ3v) is 5.47. The van der Waals surface area contributed by atoms with Crippen LogP contribution in [0.4, 0.5) is 0 Å². The first-order valence-electron chi connectivity index (χ1n) is 9.83. The van der Waals surface area contributed by atoms with Crippen LogP contribution in [0.15, 0.2) is 4.99 Å². The van der Waals surface area contributed by atoms with E-state index >= 15 is 0 Å². The molecule has 1 aliphatic heterocycles. The zero-order chi connectivity index (χ0) is 17.2. The van der Waals surface area contributed by atoms with E-state index in [-0.39, 0.29) is 24.0 Å². The maximum Gasteiger partial charge on any atom is 0.190 e. The first-order valence-corrected chi connectivity index (χ1v) is 9.83. The fourth-order valence-electron chi connectivity index (χ4n) is 3.69. The molecule has 6 heteroatoms. The van der Waals surface area contributed by atoms with E-state index in [0.717, 1.165) is 69.5 Å². The van der Waals surface area contributed by atoms with Gasteiger partial charge < -0.3 is 20.1 Å². The molecule has 2 fully saturated rings. The summed E-state index contributed by atoms with van der Waals surface area (Å²) in [7, 11) is 1.84. The van der Waals surface area contributed by atoms with Gasteiger partial charge in [0.25, 0.3) is 0 Å². The van der Waals surface area contributed by atoms with E-state index in [4.69, 9.17) is 9.47 Å². The molecule has 5 nitrogen and oxygen atoms in total. The summed E-state index contributed by atoms with van der Waals surface area (Å²) >= 11 is 0. The lowest BCUT2D eigenvalue weighted by Crippen LogP contribution is -2.41. The lowest BCUT2D eigenvalue weighted by Gasteiger charge is -2.31. The van der Waals surface area contributed by atoms with Crippen molar-refractivity contribution in [3.63, 3.8) is 0 Å². The summed E-state index contributed by atoms with van der Waals surface area (Å²) in [4.78, 5) is 4.32. The Morgan fingerprint density at radius 2 is 1.92 bits per heavy atom. The number of hydrogen-bond donors (Lipinski definition) is 2. The normalized spacial score (nSPS) is 27.2. The zero-order valence-corrected chi connectivity index (χ0v) is 18.6. The van der Waals surface area contributed by atoms with Gasteiger partial charge in [-0.3, -0.25) is 4.99 Å². The first kappa shape index (κ1) is 23.0. The second-order valence-corrected chi connectivity index (χ2v) is 7.61. The van der Waals surface area contributed by atoms with E-state index in [1.807, 2.05) is 7.05 Å². The van der Waals surface area contributed by atoms with Crippen molar-refractivity contribution in [3.05, 3.63) is 0 Å². The molecule has 0 amide bonds. The Morgan fingerprint density at radius 3 is 2.52 bits per heavy atom. The molecule has 2 aliphatic rings. The maximum absolute atomic E-state index is 5.78. The molecule has 148 valence electrons. The van der Waals surface area contributed by atoms with E-state index in [2.05, 4.69) is 29.5 Å². The van der Waals surface area contributed by atoms with Gasteiger partial charge in [-0.05, 0) is 56.3 Å². The topological polar surface area (TPSA) is 54.9 Å². The number of nitrogens with one attached hydrogen (secondary N) is 2. The van der Waals surface area contributed by atoms with E-state index < -0.39 is 0 Å². The fraction of sp³-hybridized carbons (Fsp3) is 0.947. The van der Waals surface area contributed by atoms with Crippen LogP contribution in [0.2, 0.25) is 0 Å². The van der Waals surface area contributed by atoms with Crippen molar-refractivity contribution in [2.45, 2.75) is 58.5 Å². The molecule has 1 aliphatic carbocycles. The van der Waals surface area contributed by atoms with Gasteiger partial charge in [-0.1, -0.05) is 13.8 Å². The molecule has 0 radical (unpaired) electrons. The number of nitrogens with zero attached hydrogens (tertiary/aromatic N) is 1. The lowest BCUT2D eigenvalue weighted by molar-refractivity contribution is 0.0420. The minimum Gasteiger partial charge on any atom is -0.379 e. The van der Waals surface area contributed by atoms with E-state index in [1.165, 1.54) is 25.7 Å². The number of aliphatic imine (C=N–C) groups is 1. The fourth-order valence-corrected chi connectivity index (χ4v) is 3.69. The molecule has 0 aromatic rings. The molecular formula is C19H38IN3O2. The molecule has 2 N–H and O–H groups in total. The van der Waals surface area contributed by atoms with Crippen molar-refractivity contribution < 1.29 is 9.47 Å². The van der Waals surface area contributed by atoms with Crippen molar-refractivity contribution >= 4 is 29.9 Å². The largest absolute Gasteiger partial charge is 0.379 e. The van der Waals surface area contributed by atoms with Crippen LogP contribution in [0.3, 0.4) is 0 Å². The third-order valence-electron chi connectivity index (χ3n) is 5.47. The van der Waals surface area contributed by atoms with Crippen LogP contribution in [0, 0.1) is 17.8 Å². The summed E-state index contributed by atoms with van der Waals surface area (Å²) in [6, 6.07) is 0. The molecule has 0 bridgehead atoms. The Morgan fingerprint density at radius 1 is 1.16 bits per heavy atom. The summed E-state index contributed by atoms with van der Waals surface area (Å²) in [5, 5.41) is 6.88. The standard InChI is InChI=1S/C19H37N3O2.HI/c1-15(2)17-7-5-16(6-8-17)13-22-19(20-3)21-10-4-11-24-18-9-12-23-14-18;/h15-18H,4-14H2,1-3H3,(H2,20,21,22);1H. The highest BCUT2D eigenvalue weighted by Crippen LogP contribution is 2.32. The highest BCUT2D eigenvalue weighted by Gasteiger charge is 2.23. The van der Waals surface area contributed by atoms with Crippen molar-refractivity contribution in [2.24, 2.45) is 22.7 Å². The van der Waals surface area contributed by atoms with Gasteiger partial charge in [-0.25, -0.2) is 0 Å². The molecule has 2 rings (SSSR count). The van der Waals surface area contributed by atoms with Gasteiger partial charge >= 0.3 is 0 Å². The second-order valence-electron chi connectivity index (χ2n) is 7.61. The molecule has 0 aromatic carbocycles. The molecule has 1 saturated heterocycles. The molecular weight excluding hydrogens is 429 g/mol. The van der Waals surface area contributed by atoms with E-state index in [9.17, 15) is 0 Å². The molecule has 1 unspecified atom stereocenters. The summed E-state index contributed by atoms with van der Waals surface area (Å²) in [5.74, 6) is 3.49. The SMILES string of the molecule is CN=C(NCCCOC1CCOC1)NCC1CCC(C(C)C)CC1.I. The summed E-state index contributed by atoms with van der Waals surface area (Å²) < 4.78 is 11.1. The third kappa shape index (κ3) is 8.91. The smallest absolute Gasteiger partial charge is 0.190 e. The summed E-state index contributed by atoms with van der Waals surface area (Å²) in [6.45, 7) is 9.05. The van der Waals surface area contributed by atoms with Gasteiger partial charge in [0.05, 0.1) is 12.7 Å². The molecule has 25 heavy (non-hydrogen) atoms. The Kier molecular flexibility index (Phi) is 12.1. The van der Waals surface area contributed by atoms with Gasteiger partial charge in [0, 0.05) is 33.4 Å². The molecule has 1 heterocycles. The van der Waals surface area contributed by atoms with Crippen LogP contribution in [-0.4, -0.2) is 52.0 Å². The van der Waals surface area contributed by atoms with Gasteiger partial charge in [0.2, 0.25) is 0 Å². The Hall–Kier alpha value is -0.0800. The summed E-state index contributed by atoms with van der Waals surface area (Å²) in [5.41, 5.74) is 0. The number of hydrogen-bond acceptors (Lipinski definition) is 3. The van der Waals surface area contributed by atoms with Gasteiger partial charge in [-0.2, -0.15) is 0 Å². The number of ether oxygens (including phenoxy) is 2. The summed E-state index contributed by atoms with van der Waals surface area (Å²) in [6.07, 6.45) is 7.82. The van der Waals surface area contributed by atoms with Crippen molar-refractivity contribution in [1.82, 2.24) is 10.6 Å². The van der Waals surface area contributed by atoms with Crippen molar-refractivity contribution in [3.8, 4) is 0 Å². The van der Waals surface area contributed by atoms with Gasteiger partial charge in [0.1, 0.15) is 0 Å². The maximum atomic E-state index is 5.78. The molecule has 0 aromatic heterocycles. The van der Waals surface area contributed by atoms with E-state index in [0.29, 0.717) is 6.10 Å². The minimum atomic E-state index is 0. The van der Waals surface area contributed by atoms with Crippen LogP contribution >= 0.6 is 24.0 Å². The Labute approximate surface area is 171 Å². The minimum absolute atomic E-state index is 0. The molecule has 0 spiro atoms. The molecule has 1 saturated carbocycles. The number of rotatable bonds is 8. The van der Waals surface area contributed by atoms with Crippen LogP contribution in [0.5, 0.6) is 0 Å². The predicted octanol–water partition coefficient (Wildman–Crippen LogP) is 3.43. The first-order chi connectivity index (χ1) is 11.7. The zero-order valence-electron chi connectivity index (χ0n) is 16.3. The second kappa shape index (κ2) is 13.1. The quantitative estimate of drug-likeness (QED) is 0.249. The van der Waals surface area contributed by atoms with E-state index in [1.54, 1.807) is 0 Å². The van der Waals surface area contributed by atoms with Gasteiger partial charge in [0.15, 0.2) is 5.96 Å². The van der Waals surface area contributed by atoms with Crippen molar-refractivity contribution in [2.75, 3.05) is 40.0 Å². The Bertz CT molecular complexity index is 366. The number of halogens is 1. The monoisotopic (exact) mass is 467 g/mol. The van der Waals surface area contributed by atoms with Crippen LogP contribution in [0.25, 0.3) is 0 Å². The predicted molar refractivity (Wildman–Crippen MR) is 115 cm³/mol. The highest BCUT2D eigenvalue weighted by molar-refractivity contribution is 14.0. The average Bonchev–Trinajstić information content (AvgIpc) is 3.11. The Balaban J connectivity index is 0.00000312. The highest BCUT2D eigenvalue weighted by atomic mass is 127.